The van der Waals surface area contributed by atoms with Crippen LogP contribution in [0.4, 0.5) is 0 Å². The minimum Gasteiger partial charge on any atom is -0.508 e. The Morgan fingerprint density at radius 2 is 2.11 bits per heavy atom. The van der Waals surface area contributed by atoms with Crippen molar-refractivity contribution < 1.29 is 10.2 Å². The van der Waals surface area contributed by atoms with E-state index in [0.29, 0.717) is 13.2 Å². The molecule has 106 valence electrons. The van der Waals surface area contributed by atoms with Crippen LogP contribution in [0.5, 0.6) is 5.75 Å². The zero-order valence-electron chi connectivity index (χ0n) is 11.1. The Morgan fingerprint density at radius 1 is 1.37 bits per heavy atom. The second kappa shape index (κ2) is 8.04. The van der Waals surface area contributed by atoms with Crippen molar-refractivity contribution in [3.63, 3.8) is 0 Å². The van der Waals surface area contributed by atoms with Gasteiger partial charge in [-0.25, -0.2) is 0 Å². The Morgan fingerprint density at radius 3 is 2.63 bits per heavy atom. The summed E-state index contributed by atoms with van der Waals surface area (Å²) in [7, 11) is 0. The monoisotopic (exact) mass is 284 g/mol. The van der Waals surface area contributed by atoms with Crippen LogP contribution in [0.1, 0.15) is 25.3 Å². The molecule has 0 unspecified atom stereocenters. The molecular weight excluding hydrogens is 264 g/mol. The van der Waals surface area contributed by atoms with E-state index < -0.39 is 0 Å². The molecule has 0 radical (unpaired) electrons. The molecular formula is C14H21ClN2O2. The minimum atomic E-state index is 0.249. The number of fused-ring (bicyclic) bond motifs is 1. The number of unbranched alkanes of at least 4 members (excludes halogenated alkanes) is 1. The van der Waals surface area contributed by atoms with Gasteiger partial charge in [0.15, 0.2) is 0 Å². The molecule has 0 saturated heterocycles. The number of nitrogens with two attached hydrogens (primary N) is 1. The highest BCUT2D eigenvalue weighted by Crippen LogP contribution is 2.26. The lowest BCUT2D eigenvalue weighted by Gasteiger charge is -1.96. The highest BCUT2D eigenvalue weighted by molar-refractivity contribution is 6.19. The predicted octanol–water partition coefficient (Wildman–Crippen LogP) is 2.63. The van der Waals surface area contributed by atoms with Crippen LogP contribution < -0.4 is 5.73 Å². The van der Waals surface area contributed by atoms with Gasteiger partial charge in [-0.1, -0.05) is 13.3 Å². The van der Waals surface area contributed by atoms with Crippen LogP contribution in [-0.4, -0.2) is 27.5 Å². The van der Waals surface area contributed by atoms with E-state index in [1.54, 1.807) is 18.2 Å². The molecule has 0 aliphatic carbocycles. The van der Waals surface area contributed by atoms with Crippen molar-refractivity contribution in [2.75, 3.05) is 13.2 Å². The predicted molar refractivity (Wildman–Crippen MR) is 79.6 cm³/mol. The molecule has 0 atom stereocenters. The quantitative estimate of drug-likeness (QED) is 0.808. The molecule has 0 bridgehead atoms. The van der Waals surface area contributed by atoms with Gasteiger partial charge in [0.2, 0.25) is 0 Å². The van der Waals surface area contributed by atoms with E-state index in [0.717, 1.165) is 35.7 Å². The maximum Gasteiger partial charge on any atom is 0.116 e. The van der Waals surface area contributed by atoms with Gasteiger partial charge in [-0.2, -0.15) is 0 Å². The summed E-state index contributed by atoms with van der Waals surface area (Å²) in [5.74, 6) is 0.249. The van der Waals surface area contributed by atoms with Gasteiger partial charge in [-0.3, -0.25) is 4.09 Å². The third-order valence-corrected chi connectivity index (χ3v) is 3.03. The standard InChI is InChI=1S/C10H11ClN2O.C4H10O/c11-13-6-7(3-4-12)9-5-8(14)1-2-10(9)13;1-2-3-4-5/h1-2,5-6,14H,3-4,12H2;5H,2-4H2,1H3. The fourth-order valence-electron chi connectivity index (χ4n) is 1.76. The Labute approximate surface area is 118 Å². The number of hydrogen-bond donors (Lipinski definition) is 3. The molecule has 0 saturated carbocycles. The number of aromatic hydroxyl groups is 1. The van der Waals surface area contributed by atoms with Crippen LogP contribution in [0.3, 0.4) is 0 Å². The molecule has 0 aliphatic rings. The van der Waals surface area contributed by atoms with Gasteiger partial charge >= 0.3 is 0 Å². The molecule has 4 nitrogen and oxygen atoms in total. The topological polar surface area (TPSA) is 71.4 Å². The largest absolute Gasteiger partial charge is 0.508 e. The van der Waals surface area contributed by atoms with Crippen molar-refractivity contribution in [1.82, 2.24) is 4.09 Å². The lowest BCUT2D eigenvalue weighted by molar-refractivity contribution is 0.287. The van der Waals surface area contributed by atoms with Crippen molar-refractivity contribution in [2.24, 2.45) is 5.73 Å². The van der Waals surface area contributed by atoms with Crippen molar-refractivity contribution in [3.8, 4) is 5.75 Å². The van der Waals surface area contributed by atoms with E-state index in [1.807, 2.05) is 6.20 Å². The van der Waals surface area contributed by atoms with Crippen LogP contribution in [0.15, 0.2) is 24.4 Å². The summed E-state index contributed by atoms with van der Waals surface area (Å²) in [6.07, 6.45) is 4.63. The van der Waals surface area contributed by atoms with E-state index in [1.165, 1.54) is 4.09 Å². The molecule has 2 aromatic rings. The molecule has 4 N–H and O–H groups in total. The number of halogens is 1. The molecule has 1 heterocycles. The lowest BCUT2D eigenvalue weighted by Crippen LogP contribution is -2.01. The normalized spacial score (nSPS) is 10.3. The summed E-state index contributed by atoms with van der Waals surface area (Å²) in [5.41, 5.74) is 7.44. The number of hydrogen-bond acceptors (Lipinski definition) is 3. The number of nitrogens with zero attached hydrogens (tertiary/aromatic N) is 1. The number of aromatic nitrogens is 1. The van der Waals surface area contributed by atoms with Crippen LogP contribution in [0, 0.1) is 0 Å². The van der Waals surface area contributed by atoms with Crippen LogP contribution >= 0.6 is 11.8 Å². The third kappa shape index (κ3) is 4.42. The van der Waals surface area contributed by atoms with Crippen molar-refractivity contribution >= 4 is 22.7 Å². The Bertz CT molecular complexity index is 509. The first-order chi connectivity index (χ1) is 9.13. The van der Waals surface area contributed by atoms with Gasteiger partial charge in [0.25, 0.3) is 0 Å². The van der Waals surface area contributed by atoms with E-state index in [-0.39, 0.29) is 5.75 Å². The summed E-state index contributed by atoms with van der Waals surface area (Å²) in [6, 6.07) is 5.12. The maximum absolute atomic E-state index is 9.35. The highest BCUT2D eigenvalue weighted by Gasteiger charge is 2.07. The molecule has 0 spiro atoms. The first-order valence-electron chi connectivity index (χ1n) is 6.44. The van der Waals surface area contributed by atoms with Gasteiger partial charge in [-0.15, -0.1) is 0 Å². The van der Waals surface area contributed by atoms with E-state index in [4.69, 9.17) is 22.6 Å². The van der Waals surface area contributed by atoms with Gasteiger partial charge < -0.3 is 15.9 Å². The van der Waals surface area contributed by atoms with E-state index >= 15 is 0 Å². The van der Waals surface area contributed by atoms with Gasteiger partial charge in [0.05, 0.1) is 5.52 Å². The second-order valence-electron chi connectivity index (χ2n) is 4.28. The summed E-state index contributed by atoms with van der Waals surface area (Å²) < 4.78 is 1.53. The van der Waals surface area contributed by atoms with Gasteiger partial charge in [0.1, 0.15) is 5.75 Å². The molecule has 2 rings (SSSR count). The number of aliphatic hydroxyl groups is 1. The number of aliphatic hydroxyl groups excluding tert-OH is 1. The molecule has 1 aromatic carbocycles. The summed E-state index contributed by atoms with van der Waals surface area (Å²) >= 11 is 5.96. The fraction of sp³-hybridized carbons (Fsp3) is 0.429. The third-order valence-electron chi connectivity index (χ3n) is 2.75. The lowest BCUT2D eigenvalue weighted by atomic mass is 10.1. The Balaban J connectivity index is 0.000000312. The average Bonchev–Trinajstić information content (AvgIpc) is 2.68. The van der Waals surface area contributed by atoms with E-state index in [2.05, 4.69) is 6.92 Å². The van der Waals surface area contributed by atoms with Crippen molar-refractivity contribution in [2.45, 2.75) is 26.2 Å². The smallest absolute Gasteiger partial charge is 0.116 e. The number of rotatable bonds is 4. The minimum absolute atomic E-state index is 0.249. The Kier molecular flexibility index (Phi) is 6.70. The number of benzene rings is 1. The highest BCUT2D eigenvalue weighted by atomic mass is 35.5. The van der Waals surface area contributed by atoms with Crippen molar-refractivity contribution in [3.05, 3.63) is 30.0 Å². The van der Waals surface area contributed by atoms with Crippen molar-refractivity contribution in [1.29, 1.82) is 0 Å². The zero-order valence-corrected chi connectivity index (χ0v) is 11.9. The summed E-state index contributed by atoms with van der Waals surface area (Å²) in [4.78, 5) is 0. The molecule has 0 fully saturated rings. The fourth-order valence-corrected chi connectivity index (χ4v) is 2.02. The molecule has 5 heteroatoms. The average molecular weight is 285 g/mol. The Hall–Kier alpha value is -1.23. The number of phenolic OH excluding ortho intramolecular Hbond substituents is 1. The molecule has 0 amide bonds. The molecule has 19 heavy (non-hydrogen) atoms. The van der Waals surface area contributed by atoms with Crippen LogP contribution in [-0.2, 0) is 6.42 Å². The first kappa shape index (κ1) is 15.8. The second-order valence-corrected chi connectivity index (χ2v) is 4.65. The molecule has 1 aromatic heterocycles. The maximum atomic E-state index is 9.35. The number of phenols is 1. The first-order valence-corrected chi connectivity index (χ1v) is 6.77. The van der Waals surface area contributed by atoms with Crippen LogP contribution in [0.2, 0.25) is 0 Å². The molecule has 0 aliphatic heterocycles. The summed E-state index contributed by atoms with van der Waals surface area (Å²) in [5, 5.41) is 18.4. The van der Waals surface area contributed by atoms with Gasteiger partial charge in [0, 0.05) is 30.0 Å². The van der Waals surface area contributed by atoms with Gasteiger partial charge in [-0.05, 0) is 43.1 Å². The van der Waals surface area contributed by atoms with Crippen LogP contribution in [0.25, 0.3) is 10.9 Å². The van der Waals surface area contributed by atoms with E-state index in [9.17, 15) is 5.11 Å². The SMILES string of the molecule is CCCCO.NCCc1cn(Cl)c2ccc(O)cc12. The summed E-state index contributed by atoms with van der Waals surface area (Å²) in [6.45, 7) is 2.97. The zero-order chi connectivity index (χ0) is 14.3.